The first-order chi connectivity index (χ1) is 10.0. The van der Waals surface area contributed by atoms with Crippen LogP contribution in [0.25, 0.3) is 0 Å². The van der Waals surface area contributed by atoms with Crippen molar-refractivity contribution in [3.05, 3.63) is 65.0 Å². The summed E-state index contributed by atoms with van der Waals surface area (Å²) in [5, 5.41) is 18.7. The first-order valence-corrected chi connectivity index (χ1v) is 5.96. The second-order valence-electron chi connectivity index (χ2n) is 4.22. The number of carbonyl (C=O) groups excluding carboxylic acids is 1. The van der Waals surface area contributed by atoms with Gasteiger partial charge in [0, 0.05) is 11.8 Å². The molecule has 1 amide bonds. The Hall–Kier alpha value is -3.02. The van der Waals surface area contributed by atoms with E-state index < -0.39 is 17.7 Å². The lowest BCUT2D eigenvalue weighted by Crippen LogP contribution is -2.15. The van der Waals surface area contributed by atoms with Crippen LogP contribution in [0.5, 0.6) is 0 Å². The lowest BCUT2D eigenvalue weighted by molar-refractivity contribution is 0.0698. The molecule has 3 N–H and O–H groups in total. The van der Waals surface area contributed by atoms with E-state index in [2.05, 4.69) is 5.32 Å². The van der Waals surface area contributed by atoms with Gasteiger partial charge in [-0.3, -0.25) is 4.79 Å². The highest BCUT2D eigenvalue weighted by Gasteiger charge is 2.14. The van der Waals surface area contributed by atoms with Crippen LogP contribution >= 0.6 is 0 Å². The molecule has 2 aromatic carbocycles. The van der Waals surface area contributed by atoms with Crippen molar-refractivity contribution >= 4 is 23.8 Å². The van der Waals surface area contributed by atoms with E-state index in [1.54, 1.807) is 0 Å². The maximum Gasteiger partial charge on any atom is 0.337 e. The van der Waals surface area contributed by atoms with Crippen LogP contribution in [0.4, 0.5) is 10.1 Å². The number of hydrogen-bond acceptors (Lipinski definition) is 3. The maximum absolute atomic E-state index is 12.8. The van der Waals surface area contributed by atoms with Gasteiger partial charge in [0.15, 0.2) is 0 Å². The molecule has 0 heterocycles. The smallest absolute Gasteiger partial charge is 0.337 e. The third-order valence-electron chi connectivity index (χ3n) is 2.80. The van der Waals surface area contributed by atoms with Crippen molar-refractivity contribution < 1.29 is 19.1 Å². The standard InChI is InChI=1S/C15H11FN2O3/c16-11-4-2-10(3-5-11)14(19)18-13-6-1-9(8-17)7-12(13)15(20)21/h1-8,17H,(H,18,19)(H,20,21). The zero-order valence-electron chi connectivity index (χ0n) is 10.8. The fourth-order valence-electron chi connectivity index (χ4n) is 1.73. The molecule has 0 fully saturated rings. The number of carbonyl (C=O) groups is 2. The van der Waals surface area contributed by atoms with Crippen LogP contribution in [0.15, 0.2) is 42.5 Å². The number of halogens is 1. The predicted molar refractivity (Wildman–Crippen MR) is 75.6 cm³/mol. The summed E-state index contributed by atoms with van der Waals surface area (Å²) in [6.45, 7) is 0. The monoisotopic (exact) mass is 286 g/mol. The molecular weight excluding hydrogens is 275 g/mol. The zero-order chi connectivity index (χ0) is 15.4. The van der Waals surface area contributed by atoms with Gasteiger partial charge in [-0.1, -0.05) is 6.07 Å². The summed E-state index contributed by atoms with van der Waals surface area (Å²) in [7, 11) is 0. The maximum atomic E-state index is 12.8. The van der Waals surface area contributed by atoms with E-state index in [1.165, 1.54) is 30.3 Å². The van der Waals surface area contributed by atoms with Crippen LogP contribution < -0.4 is 5.32 Å². The molecule has 0 spiro atoms. The third-order valence-corrected chi connectivity index (χ3v) is 2.80. The first-order valence-electron chi connectivity index (χ1n) is 5.96. The fourth-order valence-corrected chi connectivity index (χ4v) is 1.73. The van der Waals surface area contributed by atoms with E-state index in [0.717, 1.165) is 18.3 Å². The highest BCUT2D eigenvalue weighted by molar-refractivity contribution is 6.08. The van der Waals surface area contributed by atoms with Gasteiger partial charge in [-0.25, -0.2) is 9.18 Å². The SMILES string of the molecule is N=Cc1ccc(NC(=O)c2ccc(F)cc2)c(C(=O)O)c1. The minimum Gasteiger partial charge on any atom is -0.478 e. The van der Waals surface area contributed by atoms with E-state index >= 15 is 0 Å². The number of carboxylic acid groups (broad SMARTS) is 1. The molecule has 0 saturated carbocycles. The molecule has 0 atom stereocenters. The van der Waals surface area contributed by atoms with Gasteiger partial charge in [0.1, 0.15) is 5.82 Å². The Labute approximate surface area is 119 Å². The van der Waals surface area contributed by atoms with Crippen molar-refractivity contribution in [3.8, 4) is 0 Å². The van der Waals surface area contributed by atoms with Gasteiger partial charge < -0.3 is 15.8 Å². The largest absolute Gasteiger partial charge is 0.478 e. The average molecular weight is 286 g/mol. The molecule has 2 rings (SSSR count). The molecule has 0 aliphatic rings. The van der Waals surface area contributed by atoms with Gasteiger partial charge in [0.2, 0.25) is 0 Å². The van der Waals surface area contributed by atoms with Crippen molar-refractivity contribution in [1.29, 1.82) is 5.41 Å². The fraction of sp³-hybridized carbons (Fsp3) is 0. The molecule has 0 saturated heterocycles. The Morgan fingerprint density at radius 2 is 1.81 bits per heavy atom. The Morgan fingerprint density at radius 3 is 2.38 bits per heavy atom. The second-order valence-corrected chi connectivity index (χ2v) is 4.22. The van der Waals surface area contributed by atoms with Crippen LogP contribution in [0.2, 0.25) is 0 Å². The molecular formula is C15H11FN2O3. The summed E-state index contributed by atoms with van der Waals surface area (Å²) in [5.41, 5.74) is 0.616. The molecule has 0 radical (unpaired) electrons. The van der Waals surface area contributed by atoms with Crippen LogP contribution in [0.3, 0.4) is 0 Å². The molecule has 5 nitrogen and oxygen atoms in total. The molecule has 106 valence electrons. The summed E-state index contributed by atoms with van der Waals surface area (Å²) >= 11 is 0. The highest BCUT2D eigenvalue weighted by Crippen LogP contribution is 2.18. The Bertz CT molecular complexity index is 711. The summed E-state index contributed by atoms with van der Waals surface area (Å²) in [4.78, 5) is 23.2. The number of hydrogen-bond donors (Lipinski definition) is 3. The quantitative estimate of drug-likeness (QED) is 0.755. The highest BCUT2D eigenvalue weighted by atomic mass is 19.1. The topological polar surface area (TPSA) is 90.3 Å². The molecule has 0 unspecified atom stereocenters. The number of nitrogens with one attached hydrogen (secondary N) is 2. The van der Waals surface area contributed by atoms with Gasteiger partial charge in [-0.05, 0) is 42.0 Å². The molecule has 21 heavy (non-hydrogen) atoms. The lowest BCUT2D eigenvalue weighted by Gasteiger charge is -2.09. The molecule has 0 bridgehead atoms. The molecule has 0 aromatic heterocycles. The average Bonchev–Trinajstić information content (AvgIpc) is 2.48. The number of amides is 1. The Kier molecular flexibility index (Phi) is 4.08. The number of rotatable bonds is 4. The molecule has 0 aliphatic carbocycles. The number of anilines is 1. The van der Waals surface area contributed by atoms with E-state index in [1.807, 2.05) is 0 Å². The first kappa shape index (κ1) is 14.4. The lowest BCUT2D eigenvalue weighted by atomic mass is 10.1. The summed E-state index contributed by atoms with van der Waals surface area (Å²) in [6.07, 6.45) is 1.01. The third kappa shape index (κ3) is 3.30. The number of carboxylic acids is 1. The minimum absolute atomic E-state index is 0.113. The molecule has 0 aliphatic heterocycles. The van der Waals surface area contributed by atoms with Crippen LogP contribution in [-0.2, 0) is 0 Å². The van der Waals surface area contributed by atoms with Gasteiger partial charge in [0.25, 0.3) is 5.91 Å². The zero-order valence-corrected chi connectivity index (χ0v) is 10.8. The van der Waals surface area contributed by atoms with Crippen molar-refractivity contribution in [1.82, 2.24) is 0 Å². The van der Waals surface area contributed by atoms with Crippen molar-refractivity contribution in [2.24, 2.45) is 0 Å². The van der Waals surface area contributed by atoms with Crippen LogP contribution in [-0.4, -0.2) is 23.2 Å². The van der Waals surface area contributed by atoms with Gasteiger partial charge >= 0.3 is 5.97 Å². The second kappa shape index (κ2) is 5.96. The summed E-state index contributed by atoms with van der Waals surface area (Å²) < 4.78 is 12.8. The normalized spacial score (nSPS) is 9.95. The van der Waals surface area contributed by atoms with Crippen LogP contribution in [0.1, 0.15) is 26.3 Å². The Morgan fingerprint density at radius 1 is 1.14 bits per heavy atom. The van der Waals surface area contributed by atoms with Crippen molar-refractivity contribution in [3.63, 3.8) is 0 Å². The van der Waals surface area contributed by atoms with E-state index in [-0.39, 0.29) is 16.8 Å². The summed E-state index contributed by atoms with van der Waals surface area (Å²) in [5.74, 6) is -2.22. The number of benzene rings is 2. The van der Waals surface area contributed by atoms with Crippen molar-refractivity contribution in [2.45, 2.75) is 0 Å². The predicted octanol–water partition coefficient (Wildman–Crippen LogP) is 2.77. The van der Waals surface area contributed by atoms with E-state index in [9.17, 15) is 14.0 Å². The number of aromatic carboxylic acids is 1. The van der Waals surface area contributed by atoms with Gasteiger partial charge in [-0.2, -0.15) is 0 Å². The van der Waals surface area contributed by atoms with Crippen LogP contribution in [0, 0.1) is 11.2 Å². The van der Waals surface area contributed by atoms with E-state index in [0.29, 0.717) is 5.56 Å². The molecule has 6 heteroatoms. The van der Waals surface area contributed by atoms with Crippen molar-refractivity contribution in [2.75, 3.05) is 5.32 Å². The van der Waals surface area contributed by atoms with Gasteiger partial charge in [-0.15, -0.1) is 0 Å². The Balaban J connectivity index is 2.30. The molecule has 2 aromatic rings. The minimum atomic E-state index is -1.21. The summed E-state index contributed by atoms with van der Waals surface area (Å²) in [6, 6.07) is 9.10. The van der Waals surface area contributed by atoms with E-state index in [4.69, 9.17) is 10.5 Å². The van der Waals surface area contributed by atoms with Gasteiger partial charge in [0.05, 0.1) is 11.3 Å².